The lowest BCUT2D eigenvalue weighted by Crippen LogP contribution is -2.46. The van der Waals surface area contributed by atoms with E-state index in [1.54, 1.807) is 18.7 Å². The second-order valence-corrected chi connectivity index (χ2v) is 10.1. The lowest BCUT2D eigenvalue weighted by molar-refractivity contribution is -0.138. The zero-order chi connectivity index (χ0) is 23.2. The fourth-order valence-electron chi connectivity index (χ4n) is 4.20. The lowest BCUT2D eigenvalue weighted by Gasteiger charge is -2.28. The number of carbonyl (C=O) groups is 2. The van der Waals surface area contributed by atoms with Crippen LogP contribution in [-0.4, -0.2) is 46.1 Å². The summed E-state index contributed by atoms with van der Waals surface area (Å²) in [7, 11) is 0. The van der Waals surface area contributed by atoms with Crippen LogP contribution < -0.4 is 5.32 Å². The second kappa shape index (κ2) is 7.98. The number of aryl methyl sites for hydroxylation is 1. The van der Waals surface area contributed by atoms with Gasteiger partial charge in [-0.25, -0.2) is 4.79 Å². The molecule has 2 amide bonds. The molecule has 1 N–H and O–H groups in total. The molecule has 0 spiro atoms. The first-order valence-corrected chi connectivity index (χ1v) is 10.5. The van der Waals surface area contributed by atoms with Crippen LogP contribution in [0.5, 0.6) is 0 Å². The van der Waals surface area contributed by atoms with Crippen LogP contribution in [0, 0.1) is 17.8 Å². The first kappa shape index (κ1) is 23.3. The van der Waals surface area contributed by atoms with Crippen LogP contribution in [-0.2, 0) is 22.1 Å². The van der Waals surface area contributed by atoms with Gasteiger partial charge in [0.15, 0.2) is 0 Å². The summed E-state index contributed by atoms with van der Waals surface area (Å²) in [5.74, 6) is -0.0636. The average molecular weight is 441 g/mol. The Morgan fingerprint density at radius 1 is 1.16 bits per heavy atom. The fourth-order valence-corrected chi connectivity index (χ4v) is 4.20. The summed E-state index contributed by atoms with van der Waals surface area (Å²) in [5, 5.41) is 2.97. The quantitative estimate of drug-likeness (QED) is 0.749. The number of hydrogen-bond acceptors (Lipinski definition) is 4. The Bertz CT molecular complexity index is 836. The molecule has 1 aliphatic heterocycles. The molecule has 9 heteroatoms. The van der Waals surface area contributed by atoms with E-state index in [4.69, 9.17) is 4.74 Å². The number of likely N-dealkylation sites (tertiary alicyclic amines) is 1. The largest absolute Gasteiger partial charge is 0.444 e. The molecule has 1 unspecified atom stereocenters. The van der Waals surface area contributed by atoms with Crippen LogP contribution in [0.15, 0.2) is 18.3 Å². The molecule has 3 atom stereocenters. The van der Waals surface area contributed by atoms with E-state index < -0.39 is 22.9 Å². The van der Waals surface area contributed by atoms with Crippen molar-refractivity contribution >= 4 is 12.0 Å². The van der Waals surface area contributed by atoms with Crippen LogP contribution in [0.3, 0.4) is 0 Å². The smallest absolute Gasteiger partial charge is 0.418 e. The standard InChI is InChI=1S/C22H30F3N3O3/c1-20(2,3)31-19(30)28-11-13-14(12-28)17(13)18(29)27-21(4,5)9-8-16-15(22(23,24)25)7-6-10-26-16/h6-7,10,13-14,17H,8-9,11-12H2,1-5H3,(H,27,29)/t13-,14+,17?. The SMILES string of the molecule is CC(C)(CCc1ncccc1C(F)(F)F)NC(=O)C1[C@H]2CN(C(=O)OC(C)(C)C)C[C@@H]12. The molecule has 0 radical (unpaired) electrons. The Kier molecular flexibility index (Phi) is 6.01. The van der Waals surface area contributed by atoms with Gasteiger partial charge >= 0.3 is 12.3 Å². The highest BCUT2D eigenvalue weighted by Gasteiger charge is 2.61. The van der Waals surface area contributed by atoms with Crippen molar-refractivity contribution in [3.05, 3.63) is 29.6 Å². The highest BCUT2D eigenvalue weighted by Crippen LogP contribution is 2.52. The van der Waals surface area contributed by atoms with Crippen molar-refractivity contribution in [3.8, 4) is 0 Å². The van der Waals surface area contributed by atoms with Crippen molar-refractivity contribution < 1.29 is 27.5 Å². The normalized spacial score (nSPS) is 23.4. The Balaban J connectivity index is 1.51. The van der Waals surface area contributed by atoms with Gasteiger partial charge in [0.1, 0.15) is 5.60 Å². The number of pyridine rings is 1. The number of fused-ring (bicyclic) bond motifs is 1. The maximum atomic E-state index is 13.2. The number of hydrogen-bond donors (Lipinski definition) is 1. The molecule has 2 aliphatic rings. The summed E-state index contributed by atoms with van der Waals surface area (Å²) in [6.07, 6.45) is -3.05. The number of nitrogens with one attached hydrogen (secondary N) is 1. The summed E-state index contributed by atoms with van der Waals surface area (Å²) in [4.78, 5) is 30.4. The van der Waals surface area contributed by atoms with Gasteiger partial charge in [-0.3, -0.25) is 9.78 Å². The van der Waals surface area contributed by atoms with Crippen molar-refractivity contribution in [2.75, 3.05) is 13.1 Å². The maximum absolute atomic E-state index is 13.2. The minimum absolute atomic E-state index is 0.0198. The van der Waals surface area contributed by atoms with Gasteiger partial charge in [0.05, 0.1) is 11.3 Å². The van der Waals surface area contributed by atoms with E-state index in [-0.39, 0.29) is 41.9 Å². The van der Waals surface area contributed by atoms with E-state index in [0.717, 1.165) is 6.07 Å². The highest BCUT2D eigenvalue weighted by atomic mass is 19.4. The molecule has 3 rings (SSSR count). The topological polar surface area (TPSA) is 71.5 Å². The van der Waals surface area contributed by atoms with Gasteiger partial charge in [-0.2, -0.15) is 13.2 Å². The van der Waals surface area contributed by atoms with E-state index in [0.29, 0.717) is 19.5 Å². The highest BCUT2D eigenvalue weighted by molar-refractivity contribution is 5.84. The fraction of sp³-hybridized carbons (Fsp3) is 0.682. The molecule has 1 saturated carbocycles. The number of nitrogens with zero attached hydrogens (tertiary/aromatic N) is 2. The van der Waals surface area contributed by atoms with Crippen LogP contribution in [0.2, 0.25) is 0 Å². The van der Waals surface area contributed by atoms with E-state index in [1.807, 2.05) is 20.8 Å². The average Bonchev–Trinajstić information content (AvgIpc) is 3.12. The third kappa shape index (κ3) is 5.68. The van der Waals surface area contributed by atoms with Crippen molar-refractivity contribution in [2.45, 2.75) is 64.8 Å². The van der Waals surface area contributed by atoms with E-state index in [1.165, 1.54) is 12.3 Å². The van der Waals surface area contributed by atoms with E-state index >= 15 is 0 Å². The number of alkyl halides is 3. The summed E-state index contributed by atoms with van der Waals surface area (Å²) >= 11 is 0. The number of ether oxygens (including phenoxy) is 1. The molecule has 2 heterocycles. The monoisotopic (exact) mass is 441 g/mol. The Labute approximate surface area is 180 Å². The minimum atomic E-state index is -4.46. The molecule has 1 aromatic heterocycles. The van der Waals surface area contributed by atoms with Gasteiger partial charge in [-0.1, -0.05) is 0 Å². The van der Waals surface area contributed by atoms with Gasteiger partial charge in [0, 0.05) is 30.7 Å². The third-order valence-corrected chi connectivity index (χ3v) is 5.79. The Morgan fingerprint density at radius 2 is 1.77 bits per heavy atom. The summed E-state index contributed by atoms with van der Waals surface area (Å²) < 4.78 is 44.8. The Morgan fingerprint density at radius 3 is 2.32 bits per heavy atom. The van der Waals surface area contributed by atoms with Gasteiger partial charge in [0.2, 0.25) is 5.91 Å². The van der Waals surface area contributed by atoms with Crippen LogP contribution in [0.4, 0.5) is 18.0 Å². The zero-order valence-corrected chi connectivity index (χ0v) is 18.5. The molecule has 2 fully saturated rings. The Hall–Kier alpha value is -2.32. The van der Waals surface area contributed by atoms with Crippen molar-refractivity contribution in [3.63, 3.8) is 0 Å². The molecule has 31 heavy (non-hydrogen) atoms. The van der Waals surface area contributed by atoms with Crippen molar-refractivity contribution in [2.24, 2.45) is 17.8 Å². The maximum Gasteiger partial charge on any atom is 0.418 e. The zero-order valence-electron chi connectivity index (χ0n) is 18.5. The number of halogens is 3. The lowest BCUT2D eigenvalue weighted by atomic mass is 9.95. The molecule has 0 aromatic carbocycles. The predicted octanol–water partition coefficient (Wildman–Crippen LogP) is 4.04. The molecular formula is C22H30F3N3O3. The molecule has 1 aromatic rings. The molecular weight excluding hydrogens is 411 g/mol. The first-order chi connectivity index (χ1) is 14.2. The van der Waals surface area contributed by atoms with Gasteiger partial charge in [-0.15, -0.1) is 0 Å². The third-order valence-electron chi connectivity index (χ3n) is 5.79. The van der Waals surface area contributed by atoms with Gasteiger partial charge in [0.25, 0.3) is 0 Å². The number of carbonyl (C=O) groups excluding carboxylic acids is 2. The summed E-state index contributed by atoms with van der Waals surface area (Å²) in [6.45, 7) is 9.99. The van der Waals surface area contributed by atoms with E-state index in [9.17, 15) is 22.8 Å². The van der Waals surface area contributed by atoms with Gasteiger partial charge < -0.3 is 15.0 Å². The van der Waals surface area contributed by atoms with Gasteiger partial charge in [-0.05, 0) is 71.4 Å². The van der Waals surface area contributed by atoms with Crippen LogP contribution in [0.25, 0.3) is 0 Å². The minimum Gasteiger partial charge on any atom is -0.444 e. The molecule has 0 bridgehead atoms. The number of rotatable bonds is 5. The molecule has 1 saturated heterocycles. The number of piperidine rings is 1. The van der Waals surface area contributed by atoms with Crippen molar-refractivity contribution in [1.29, 1.82) is 0 Å². The molecule has 6 nitrogen and oxygen atoms in total. The summed E-state index contributed by atoms with van der Waals surface area (Å²) in [6, 6.07) is 2.29. The van der Waals surface area contributed by atoms with Crippen molar-refractivity contribution in [1.82, 2.24) is 15.2 Å². The number of amides is 2. The van der Waals surface area contributed by atoms with E-state index in [2.05, 4.69) is 10.3 Å². The second-order valence-electron chi connectivity index (χ2n) is 10.1. The summed E-state index contributed by atoms with van der Waals surface area (Å²) in [5.41, 5.74) is -2.01. The van der Waals surface area contributed by atoms with Crippen LogP contribution in [0.1, 0.15) is 52.3 Å². The molecule has 172 valence electrons. The first-order valence-electron chi connectivity index (χ1n) is 10.5. The molecule has 1 aliphatic carbocycles. The van der Waals surface area contributed by atoms with Crippen LogP contribution >= 0.6 is 0 Å². The predicted molar refractivity (Wildman–Crippen MR) is 108 cm³/mol. The number of aromatic nitrogens is 1.